The zero-order chi connectivity index (χ0) is 62.4. The minimum absolute atomic E-state index is 0.202. The van der Waals surface area contributed by atoms with Gasteiger partial charge in [-0.1, -0.05) is 140 Å². The third-order valence-corrected chi connectivity index (χ3v) is 42.1. The Balaban J connectivity index is 0.000000181. The number of hydrogen-bond acceptors (Lipinski definition) is 13. The normalized spacial score (nSPS) is 46.9. The van der Waals surface area contributed by atoms with Crippen LogP contribution >= 0.6 is 77.4 Å². The summed E-state index contributed by atoms with van der Waals surface area (Å²) in [5, 5.41) is 0. The van der Waals surface area contributed by atoms with E-state index in [1.807, 2.05) is 34.1 Å². The summed E-state index contributed by atoms with van der Waals surface area (Å²) in [7, 11) is 4.12. The van der Waals surface area contributed by atoms with Gasteiger partial charge in [-0.2, -0.15) is 0 Å². The molecule has 0 amide bonds. The van der Waals surface area contributed by atoms with Crippen LogP contribution in [0.15, 0.2) is 0 Å². The fraction of sp³-hybridized carbons (Fsp3) is 0.968. The van der Waals surface area contributed by atoms with Gasteiger partial charge in [-0.25, -0.2) is 0 Å². The first-order chi connectivity index (χ1) is 37.1. The van der Waals surface area contributed by atoms with Crippen LogP contribution in [0.4, 0.5) is 0 Å². The van der Waals surface area contributed by atoms with Crippen molar-refractivity contribution in [2.75, 3.05) is 47.4 Å². The number of nitrogens with zero attached hydrogens (tertiary/aromatic N) is 2. The Morgan fingerprint density at radius 2 is 0.890 bits per heavy atom. The lowest BCUT2D eigenvalue weighted by atomic mass is 9.70. The number of hydrogen-bond donors (Lipinski definition) is 0. The molecule has 19 heteroatoms. The Hall–Kier alpha value is 3.41. The van der Waals surface area contributed by atoms with Gasteiger partial charge in [-0.05, 0) is 205 Å². The minimum Gasteiger partial charge on any atom is -0.360 e. The molecule has 0 spiro atoms. The van der Waals surface area contributed by atoms with Crippen LogP contribution in [0.2, 0.25) is 0 Å². The van der Waals surface area contributed by atoms with Crippen LogP contribution < -0.4 is 0 Å². The first kappa shape index (κ1) is 76.1. The zero-order valence-electron chi connectivity index (χ0n) is 57.0. The molecule has 6 saturated heterocycles. The van der Waals surface area contributed by atoms with Crippen LogP contribution in [-0.2, 0) is 51.0 Å². The van der Waals surface area contributed by atoms with Gasteiger partial charge in [0.05, 0.1) is 56.6 Å². The lowest BCUT2D eigenvalue weighted by Gasteiger charge is -2.56. The van der Waals surface area contributed by atoms with Gasteiger partial charge < -0.3 is 27.4 Å². The van der Waals surface area contributed by atoms with E-state index in [4.69, 9.17) is 51.0 Å². The van der Waals surface area contributed by atoms with Gasteiger partial charge in [0, 0.05) is 60.4 Å². The highest BCUT2D eigenvalue weighted by Gasteiger charge is 2.52. The second-order valence-corrected chi connectivity index (χ2v) is 61.2. The maximum Gasteiger partial charge on any atom is 0.129 e. The highest BCUT2D eigenvalue weighted by Crippen LogP contribution is 2.71. The van der Waals surface area contributed by atoms with Crippen molar-refractivity contribution in [3.05, 3.63) is 0 Å². The number of rotatable bonds is 0. The van der Waals surface area contributed by atoms with Gasteiger partial charge in [0.2, 0.25) is 0 Å². The molecule has 0 radical (unpaired) electrons. The van der Waals surface area contributed by atoms with Crippen LogP contribution in [0.25, 0.3) is 0 Å². The second-order valence-electron chi connectivity index (χ2n) is 31.1. The number of fused-ring (bicyclic) bond motifs is 4. The summed E-state index contributed by atoms with van der Waals surface area (Å²) in [5.41, 5.74) is -1.02. The van der Waals surface area contributed by atoms with Gasteiger partial charge in [0.15, 0.2) is 0 Å². The van der Waals surface area contributed by atoms with Crippen molar-refractivity contribution in [1.29, 1.82) is 0 Å². The smallest absolute Gasteiger partial charge is 0.129 e. The van der Waals surface area contributed by atoms with Gasteiger partial charge in [0.1, 0.15) is 18.1 Å². The predicted molar refractivity (Wildman–Crippen MR) is 389 cm³/mol. The molecule has 10 aliphatic rings. The Bertz CT molecular complexity index is 2240. The Morgan fingerprint density at radius 3 is 1.35 bits per heavy atom. The fourth-order valence-corrected chi connectivity index (χ4v) is 43.4. The molecular formula is C63H125N2O6P5S6. The van der Waals surface area contributed by atoms with E-state index in [2.05, 4.69) is 213 Å². The Morgan fingerprint density at radius 1 is 0.488 bits per heavy atom. The van der Waals surface area contributed by atoms with Crippen molar-refractivity contribution in [3.63, 3.8) is 0 Å². The molecule has 4 aliphatic carbocycles. The van der Waals surface area contributed by atoms with Crippen molar-refractivity contribution >= 4 is 114 Å². The Labute approximate surface area is 535 Å². The molecule has 0 aromatic rings. The molecule has 0 N–H and O–H groups in total. The average molecular weight is 1350 g/mol. The van der Waals surface area contributed by atoms with Crippen LogP contribution in [0.3, 0.4) is 0 Å². The van der Waals surface area contributed by atoms with Crippen molar-refractivity contribution in [2.24, 2.45) is 47.3 Å². The SMILES string of the molecule is C=P1(C)OC(C)CC(C)(C)S1.C=P1(C)OC2CC(C)CCC2C(C)(C)S1.CC1CC(C)(C)SP(C)(=S)O1.CC1CCC2C(C1)OC(C)N(C)C2(C)C.CC1CCC2C(C1)OP(C)(=S)N(C)C2(C)C.CC1CCC2C(C1)OP(C)SC2(C)C. The van der Waals surface area contributed by atoms with Crippen molar-refractivity contribution in [2.45, 2.75) is 294 Å². The van der Waals surface area contributed by atoms with Crippen molar-refractivity contribution in [3.8, 4) is 0 Å². The standard InChI is InChI=1S/C13H25NO.C12H24NOPS.C12H23OPS.C11H21OPS.C8H17OPS.C7H15OPS2/c1-9-6-7-11-12(8-9)15-10(2)14(5)13(11,3)4;1-9-6-7-10-11(8-9)14-15(5,16)13(4)12(10,2)3;1-9-6-7-10-11(8-9)13-14(4,5)15-12(10,2)3;1-8-5-6-9-10(7-8)12-13(4)14-11(9,2)3;1-7-6-8(2,3)11-10(4,5)9-7;1-6-5-7(2,3)11-9(4,10)8-6/h9-12H,6-8H2,1-5H3;9-11H,6-8H2,1-5H3;9-11H,4,6-8H2,1-3,5H3;8-10H,5-7H2,1-4H3;7H,4,6H2,1-3,5H3;6H,5H2,1-4H3. The molecule has 484 valence electrons. The molecule has 6 aliphatic heterocycles. The molecule has 0 aromatic carbocycles. The fourth-order valence-electron chi connectivity index (χ4n) is 15.9. The molecular weight excluding hydrogens is 1230 g/mol. The van der Waals surface area contributed by atoms with Gasteiger partial charge >= 0.3 is 0 Å². The minimum atomic E-state index is -1.75. The van der Waals surface area contributed by atoms with E-state index in [0.717, 1.165) is 54.3 Å². The zero-order valence-corrected chi connectivity index (χ0v) is 66.4. The maximum absolute atomic E-state index is 6.25. The van der Waals surface area contributed by atoms with Gasteiger partial charge in [0.25, 0.3) is 0 Å². The lowest BCUT2D eigenvalue weighted by Crippen LogP contribution is -2.62. The molecule has 0 aromatic heterocycles. The lowest BCUT2D eigenvalue weighted by molar-refractivity contribution is -0.217. The predicted octanol–water partition coefficient (Wildman–Crippen LogP) is 21.3. The van der Waals surface area contributed by atoms with E-state index >= 15 is 0 Å². The molecule has 4 saturated carbocycles. The Kier molecular flexibility index (Phi) is 27.3. The second kappa shape index (κ2) is 29.4. The van der Waals surface area contributed by atoms with Crippen LogP contribution in [0.1, 0.15) is 221 Å². The van der Waals surface area contributed by atoms with Crippen LogP contribution in [0.5, 0.6) is 0 Å². The average Bonchev–Trinajstić information content (AvgIpc) is 3.48. The highest BCUT2D eigenvalue weighted by molar-refractivity contribution is 8.69. The third kappa shape index (κ3) is 21.5. The summed E-state index contributed by atoms with van der Waals surface area (Å²) >= 11 is 18.9. The van der Waals surface area contributed by atoms with E-state index in [9.17, 15) is 0 Å². The topological polar surface area (TPSA) is 61.9 Å². The van der Waals surface area contributed by atoms with Gasteiger partial charge in [-0.15, -0.1) is 22.8 Å². The van der Waals surface area contributed by atoms with Crippen molar-refractivity contribution < 1.29 is 27.4 Å². The highest BCUT2D eigenvalue weighted by atomic mass is 32.9. The molecule has 20 unspecified atom stereocenters. The third-order valence-electron chi connectivity index (χ3n) is 20.0. The summed E-state index contributed by atoms with van der Waals surface area (Å²) in [5.74, 6) is 6.27. The molecule has 10 fully saturated rings. The van der Waals surface area contributed by atoms with E-state index in [1.165, 1.54) is 77.0 Å². The van der Waals surface area contributed by atoms with E-state index < -0.39 is 24.5 Å². The molecule has 6 heterocycles. The van der Waals surface area contributed by atoms with Crippen molar-refractivity contribution in [1.82, 2.24) is 9.57 Å². The molecule has 10 rings (SSSR count). The van der Waals surface area contributed by atoms with E-state index in [1.54, 1.807) is 0 Å². The van der Waals surface area contributed by atoms with Crippen LogP contribution in [-0.4, -0.2) is 143 Å². The number of ether oxygens (including phenoxy) is 1. The molecule has 0 bridgehead atoms. The van der Waals surface area contributed by atoms with E-state index in [-0.39, 0.29) is 19.1 Å². The summed E-state index contributed by atoms with van der Waals surface area (Å²) < 4.78 is 40.1. The molecule has 20 atom stereocenters. The summed E-state index contributed by atoms with van der Waals surface area (Å²) in [4.78, 5) is 2.39. The largest absolute Gasteiger partial charge is 0.360 e. The summed E-state index contributed by atoms with van der Waals surface area (Å²) in [6.45, 7) is 54.8. The monoisotopic (exact) mass is 1350 g/mol. The quantitative estimate of drug-likeness (QED) is 0.216. The maximum atomic E-state index is 6.25. The first-order valence-electron chi connectivity index (χ1n) is 31.7. The van der Waals surface area contributed by atoms with Crippen LogP contribution in [0, 0.1) is 47.3 Å². The van der Waals surface area contributed by atoms with Gasteiger partial charge in [-0.3, -0.25) is 9.57 Å². The molecule has 8 nitrogen and oxygen atoms in total. The molecule has 82 heavy (non-hydrogen) atoms. The summed E-state index contributed by atoms with van der Waals surface area (Å²) in [6.07, 6.45) is 25.0. The van der Waals surface area contributed by atoms with E-state index in [0.29, 0.717) is 67.1 Å². The first-order valence-corrected chi connectivity index (χ1v) is 50.1. The summed E-state index contributed by atoms with van der Waals surface area (Å²) in [6, 6.07) is 0.